The molecule has 1 unspecified atom stereocenters. The number of hydrogen-bond donors (Lipinski definition) is 1. The highest BCUT2D eigenvalue weighted by atomic mass is 16.5. The maximum absolute atomic E-state index is 12.7. The molecule has 1 heterocycles. The van der Waals surface area contributed by atoms with Gasteiger partial charge >= 0.3 is 0 Å². The number of nitriles is 1. The molecule has 1 aliphatic carbocycles. The number of benzene rings is 1. The number of Topliss-reactive ketones (excluding diaryl/α,β-unsaturated/α-hetero) is 1. The Kier molecular flexibility index (Phi) is 4.90. The molecular weight excluding hydrogens is 332 g/mol. The molecule has 2 aliphatic rings. The molecule has 0 amide bonds. The lowest BCUT2D eigenvalue weighted by Crippen LogP contribution is -2.31. The van der Waals surface area contributed by atoms with Crippen molar-refractivity contribution in [2.45, 2.75) is 32.1 Å². The van der Waals surface area contributed by atoms with E-state index in [1.165, 1.54) is 7.11 Å². The molecule has 3 rings (SSSR count). The van der Waals surface area contributed by atoms with Crippen LogP contribution in [0.1, 0.15) is 37.7 Å². The fraction of sp³-hybridized carbons (Fsp3) is 0.400. The number of ketones is 1. The Morgan fingerprint density at radius 2 is 1.85 bits per heavy atom. The van der Waals surface area contributed by atoms with E-state index in [-0.39, 0.29) is 5.78 Å². The Morgan fingerprint density at radius 3 is 2.46 bits per heavy atom. The normalized spacial score (nSPS) is 19.5. The maximum Gasteiger partial charge on any atom is 0.203 e. The van der Waals surface area contributed by atoms with Gasteiger partial charge in [0.25, 0.3) is 0 Å². The monoisotopic (exact) mass is 354 g/mol. The Bertz CT molecular complexity index is 861. The second-order valence-electron chi connectivity index (χ2n) is 6.30. The number of ether oxygens (including phenoxy) is 3. The number of methoxy groups -OCH3 is 3. The minimum absolute atomic E-state index is 0.0702. The molecule has 0 fully saturated rings. The fourth-order valence-electron chi connectivity index (χ4n) is 3.79. The van der Waals surface area contributed by atoms with Gasteiger partial charge < -0.3 is 19.5 Å². The number of rotatable bonds is 4. The lowest BCUT2D eigenvalue weighted by molar-refractivity contribution is -0.116. The predicted octanol–water partition coefficient (Wildman–Crippen LogP) is 3.20. The van der Waals surface area contributed by atoms with E-state index in [9.17, 15) is 10.1 Å². The van der Waals surface area contributed by atoms with Crippen LogP contribution in [0.4, 0.5) is 0 Å². The summed E-state index contributed by atoms with van der Waals surface area (Å²) in [5.74, 6) is 1.06. The van der Waals surface area contributed by atoms with Crippen molar-refractivity contribution in [1.82, 2.24) is 5.32 Å². The lowest BCUT2D eigenvalue weighted by atomic mass is 9.75. The highest BCUT2D eigenvalue weighted by molar-refractivity contribution is 6.00. The molecule has 0 spiro atoms. The van der Waals surface area contributed by atoms with Gasteiger partial charge in [0.05, 0.1) is 38.9 Å². The summed E-state index contributed by atoms with van der Waals surface area (Å²) < 4.78 is 16.4. The number of nitrogens with one attached hydrogen (secondary N) is 1. The molecule has 1 aromatic carbocycles. The summed E-state index contributed by atoms with van der Waals surface area (Å²) in [6.07, 6.45) is 2.10. The van der Waals surface area contributed by atoms with Crippen LogP contribution < -0.4 is 19.5 Å². The van der Waals surface area contributed by atoms with Gasteiger partial charge in [0.15, 0.2) is 17.3 Å². The molecule has 136 valence electrons. The number of dihydropyridines is 1. The summed E-state index contributed by atoms with van der Waals surface area (Å²) in [7, 11) is 4.63. The van der Waals surface area contributed by atoms with E-state index < -0.39 is 5.92 Å². The van der Waals surface area contributed by atoms with Crippen molar-refractivity contribution in [3.05, 3.63) is 40.2 Å². The molecule has 0 bridgehead atoms. The largest absolute Gasteiger partial charge is 0.493 e. The third-order valence-corrected chi connectivity index (χ3v) is 4.94. The van der Waals surface area contributed by atoms with Crippen molar-refractivity contribution >= 4 is 5.78 Å². The highest BCUT2D eigenvalue weighted by Gasteiger charge is 2.38. The van der Waals surface area contributed by atoms with Gasteiger partial charge in [0, 0.05) is 29.0 Å². The van der Waals surface area contributed by atoms with Crippen molar-refractivity contribution in [3.63, 3.8) is 0 Å². The van der Waals surface area contributed by atoms with E-state index in [1.54, 1.807) is 20.3 Å². The van der Waals surface area contributed by atoms with Crippen LogP contribution >= 0.6 is 0 Å². The smallest absolute Gasteiger partial charge is 0.203 e. The third kappa shape index (κ3) is 2.70. The molecule has 6 heteroatoms. The SMILES string of the molecule is COc1ccc(C2C(C#N)=C(C)NC3=C2C(=O)CCC3)c(OC)c1OC. The standard InChI is InChI=1S/C20H22N2O4/c1-11-13(10-21)17(18-14(22-11)6-5-7-15(18)23)12-8-9-16(24-2)20(26-4)19(12)25-3/h8-9,17,22H,5-7H2,1-4H3. The van der Waals surface area contributed by atoms with Gasteiger partial charge in [0.1, 0.15) is 0 Å². The van der Waals surface area contributed by atoms with Crippen LogP contribution in [0.3, 0.4) is 0 Å². The van der Waals surface area contributed by atoms with Crippen molar-refractivity contribution < 1.29 is 19.0 Å². The van der Waals surface area contributed by atoms with Crippen LogP contribution in [0.15, 0.2) is 34.7 Å². The molecular formula is C20H22N2O4. The fourth-order valence-corrected chi connectivity index (χ4v) is 3.79. The van der Waals surface area contributed by atoms with E-state index in [4.69, 9.17) is 14.2 Å². The minimum Gasteiger partial charge on any atom is -0.493 e. The van der Waals surface area contributed by atoms with E-state index in [0.717, 1.165) is 29.8 Å². The predicted molar refractivity (Wildman–Crippen MR) is 96.2 cm³/mol. The van der Waals surface area contributed by atoms with Crippen LogP contribution in [0.5, 0.6) is 17.2 Å². The van der Waals surface area contributed by atoms with Crippen molar-refractivity contribution in [2.75, 3.05) is 21.3 Å². The number of nitrogens with zero attached hydrogens (tertiary/aromatic N) is 1. The average Bonchev–Trinajstić information content (AvgIpc) is 2.65. The van der Waals surface area contributed by atoms with Gasteiger partial charge in [-0.2, -0.15) is 5.26 Å². The molecule has 1 aliphatic heterocycles. The van der Waals surface area contributed by atoms with E-state index in [0.29, 0.717) is 34.8 Å². The summed E-state index contributed by atoms with van der Waals surface area (Å²) in [6, 6.07) is 5.89. The molecule has 0 radical (unpaired) electrons. The quantitative estimate of drug-likeness (QED) is 0.894. The first-order valence-electron chi connectivity index (χ1n) is 8.50. The van der Waals surface area contributed by atoms with E-state index in [2.05, 4.69) is 11.4 Å². The topological polar surface area (TPSA) is 80.6 Å². The molecule has 6 nitrogen and oxygen atoms in total. The van der Waals surface area contributed by atoms with Gasteiger partial charge in [0.2, 0.25) is 5.75 Å². The van der Waals surface area contributed by atoms with Crippen LogP contribution in [-0.2, 0) is 4.79 Å². The van der Waals surface area contributed by atoms with Crippen LogP contribution in [0.25, 0.3) is 0 Å². The number of carbonyl (C=O) groups excluding carboxylic acids is 1. The first-order chi connectivity index (χ1) is 12.6. The van der Waals surface area contributed by atoms with Crippen LogP contribution in [0.2, 0.25) is 0 Å². The van der Waals surface area contributed by atoms with Gasteiger partial charge in [-0.3, -0.25) is 4.79 Å². The molecule has 1 aromatic rings. The van der Waals surface area contributed by atoms with Crippen molar-refractivity contribution in [3.8, 4) is 23.3 Å². The Morgan fingerprint density at radius 1 is 1.12 bits per heavy atom. The first-order valence-corrected chi connectivity index (χ1v) is 8.50. The van der Waals surface area contributed by atoms with Gasteiger partial charge in [-0.1, -0.05) is 6.07 Å². The van der Waals surface area contributed by atoms with Gasteiger partial charge in [-0.15, -0.1) is 0 Å². The Balaban J connectivity index is 2.28. The molecule has 0 saturated heterocycles. The summed E-state index contributed by atoms with van der Waals surface area (Å²) in [4.78, 5) is 12.7. The van der Waals surface area contributed by atoms with Crippen molar-refractivity contribution in [2.24, 2.45) is 0 Å². The summed E-state index contributed by atoms with van der Waals surface area (Å²) in [5.41, 5.74) is 3.57. The zero-order valence-electron chi connectivity index (χ0n) is 15.4. The van der Waals surface area contributed by atoms with Crippen molar-refractivity contribution in [1.29, 1.82) is 5.26 Å². The third-order valence-electron chi connectivity index (χ3n) is 4.94. The zero-order chi connectivity index (χ0) is 18.8. The molecule has 1 N–H and O–H groups in total. The number of allylic oxidation sites excluding steroid dienone is 4. The zero-order valence-corrected chi connectivity index (χ0v) is 15.4. The van der Waals surface area contributed by atoms with E-state index in [1.807, 2.05) is 13.0 Å². The van der Waals surface area contributed by atoms with Crippen LogP contribution in [0, 0.1) is 11.3 Å². The first kappa shape index (κ1) is 17.9. The second kappa shape index (κ2) is 7.12. The Hall–Kier alpha value is -2.94. The number of hydrogen-bond acceptors (Lipinski definition) is 6. The Labute approximate surface area is 153 Å². The molecule has 1 atom stereocenters. The molecule has 0 aromatic heterocycles. The summed E-state index contributed by atoms with van der Waals surface area (Å²) in [5, 5.41) is 13.0. The van der Waals surface area contributed by atoms with Gasteiger partial charge in [-0.05, 0) is 25.8 Å². The minimum atomic E-state index is -0.473. The average molecular weight is 354 g/mol. The molecule has 0 saturated carbocycles. The molecule has 26 heavy (non-hydrogen) atoms. The van der Waals surface area contributed by atoms with Gasteiger partial charge in [-0.25, -0.2) is 0 Å². The number of carbonyl (C=O) groups is 1. The lowest BCUT2D eigenvalue weighted by Gasteiger charge is -2.33. The summed E-state index contributed by atoms with van der Waals surface area (Å²) in [6.45, 7) is 1.86. The van der Waals surface area contributed by atoms with Crippen LogP contribution in [-0.4, -0.2) is 27.1 Å². The highest BCUT2D eigenvalue weighted by Crippen LogP contribution is 2.49. The summed E-state index contributed by atoms with van der Waals surface area (Å²) >= 11 is 0. The van der Waals surface area contributed by atoms with E-state index >= 15 is 0 Å². The second-order valence-corrected chi connectivity index (χ2v) is 6.30. The maximum atomic E-state index is 12.7.